The molecule has 1 aliphatic rings. The quantitative estimate of drug-likeness (QED) is 0.861. The molecule has 0 amide bonds. The highest BCUT2D eigenvalue weighted by molar-refractivity contribution is 9.10. The molecule has 0 atom stereocenters. The van der Waals surface area contributed by atoms with E-state index in [0.29, 0.717) is 28.4 Å². The smallest absolute Gasteiger partial charge is 0.244 e. The second-order valence-corrected chi connectivity index (χ2v) is 8.31. The molecule has 1 aliphatic heterocycles. The molecule has 1 aromatic carbocycles. The average molecular weight is 375 g/mol. The molecule has 0 aliphatic carbocycles. The molecule has 0 radical (unpaired) electrons. The zero-order valence-electron chi connectivity index (χ0n) is 12.6. The van der Waals surface area contributed by atoms with Gasteiger partial charge in [-0.15, -0.1) is 0 Å². The summed E-state index contributed by atoms with van der Waals surface area (Å²) in [5, 5.41) is 3.06. The van der Waals surface area contributed by atoms with E-state index < -0.39 is 10.0 Å². The number of hydrogen-bond acceptors (Lipinski definition) is 3. The van der Waals surface area contributed by atoms with Crippen molar-refractivity contribution in [3.05, 3.63) is 28.2 Å². The van der Waals surface area contributed by atoms with Gasteiger partial charge in [0.05, 0.1) is 4.90 Å². The summed E-state index contributed by atoms with van der Waals surface area (Å²) in [7, 11) is -1.52. The van der Waals surface area contributed by atoms with Gasteiger partial charge in [0.15, 0.2) is 0 Å². The number of sulfonamides is 1. The zero-order chi connectivity index (χ0) is 15.5. The van der Waals surface area contributed by atoms with Gasteiger partial charge < -0.3 is 5.32 Å². The van der Waals surface area contributed by atoms with E-state index in [1.807, 2.05) is 19.2 Å². The van der Waals surface area contributed by atoms with Crippen LogP contribution in [0, 0.1) is 5.92 Å². The minimum absolute atomic E-state index is 0.373. The van der Waals surface area contributed by atoms with Gasteiger partial charge in [-0.2, -0.15) is 4.31 Å². The van der Waals surface area contributed by atoms with Gasteiger partial charge in [-0.25, -0.2) is 8.42 Å². The summed E-state index contributed by atoms with van der Waals surface area (Å²) < 4.78 is 27.8. The molecule has 1 fully saturated rings. The van der Waals surface area contributed by atoms with Crippen molar-refractivity contribution < 1.29 is 8.42 Å². The maximum absolute atomic E-state index is 12.8. The molecule has 0 aromatic heterocycles. The van der Waals surface area contributed by atoms with E-state index in [1.165, 1.54) is 0 Å². The Bertz CT molecular complexity index is 581. The van der Waals surface area contributed by atoms with Crippen LogP contribution in [0.15, 0.2) is 27.6 Å². The lowest BCUT2D eigenvalue weighted by molar-refractivity contribution is 0.269. The van der Waals surface area contributed by atoms with Crippen LogP contribution in [-0.4, -0.2) is 32.9 Å². The first-order valence-corrected chi connectivity index (χ1v) is 9.65. The molecule has 1 saturated heterocycles. The van der Waals surface area contributed by atoms with Gasteiger partial charge in [0.2, 0.25) is 10.0 Å². The number of nitrogens with one attached hydrogen (secondary N) is 1. The third kappa shape index (κ3) is 3.86. The van der Waals surface area contributed by atoms with Crippen molar-refractivity contribution in [3.63, 3.8) is 0 Å². The van der Waals surface area contributed by atoms with Gasteiger partial charge in [-0.3, -0.25) is 0 Å². The molecule has 21 heavy (non-hydrogen) atoms. The Labute approximate surface area is 136 Å². The van der Waals surface area contributed by atoms with Crippen molar-refractivity contribution in [1.29, 1.82) is 0 Å². The topological polar surface area (TPSA) is 49.4 Å². The van der Waals surface area contributed by atoms with E-state index in [-0.39, 0.29) is 0 Å². The Morgan fingerprint density at radius 3 is 2.52 bits per heavy atom. The molecule has 0 spiro atoms. The van der Waals surface area contributed by atoms with Crippen molar-refractivity contribution in [2.75, 3.05) is 20.1 Å². The van der Waals surface area contributed by atoms with Crippen molar-refractivity contribution in [2.24, 2.45) is 5.92 Å². The van der Waals surface area contributed by atoms with Gasteiger partial charge in [-0.05, 0) is 59.4 Å². The minimum Gasteiger partial charge on any atom is -0.316 e. The molecule has 118 valence electrons. The summed E-state index contributed by atoms with van der Waals surface area (Å²) in [4.78, 5) is 0.373. The van der Waals surface area contributed by atoms with E-state index in [2.05, 4.69) is 28.2 Å². The summed E-state index contributed by atoms with van der Waals surface area (Å²) in [5.41, 5.74) is 1.06. The Kier molecular flexibility index (Phi) is 5.82. The van der Waals surface area contributed by atoms with E-state index in [1.54, 1.807) is 10.4 Å². The van der Waals surface area contributed by atoms with E-state index in [0.717, 1.165) is 31.4 Å². The fourth-order valence-electron chi connectivity index (χ4n) is 2.76. The molecule has 0 saturated carbocycles. The highest BCUT2D eigenvalue weighted by atomic mass is 79.9. The van der Waals surface area contributed by atoms with Crippen LogP contribution in [0.4, 0.5) is 0 Å². The number of rotatable bonds is 5. The van der Waals surface area contributed by atoms with Crippen molar-refractivity contribution in [1.82, 2.24) is 9.62 Å². The highest BCUT2D eigenvalue weighted by Gasteiger charge is 2.30. The Morgan fingerprint density at radius 2 is 2.00 bits per heavy atom. The number of halogens is 1. The van der Waals surface area contributed by atoms with E-state index in [9.17, 15) is 8.42 Å². The van der Waals surface area contributed by atoms with Gasteiger partial charge in [-0.1, -0.05) is 19.4 Å². The first kappa shape index (κ1) is 16.9. The molecule has 6 heteroatoms. The third-order valence-corrected chi connectivity index (χ3v) is 7.02. The lowest BCUT2D eigenvalue weighted by atomic mass is 9.96. The SMILES string of the molecule is CCC1CCN(S(=O)(=O)c2ccc(CNC)cc2Br)CC1. The standard InChI is InChI=1S/C15H23BrN2O2S/c1-3-12-6-8-18(9-7-12)21(19,20)15-5-4-13(11-17-2)10-14(15)16/h4-5,10,12,17H,3,6-9,11H2,1-2H3. The third-order valence-electron chi connectivity index (χ3n) is 4.15. The average Bonchev–Trinajstić information content (AvgIpc) is 2.47. The second kappa shape index (κ2) is 7.22. The summed E-state index contributed by atoms with van der Waals surface area (Å²) >= 11 is 3.41. The Morgan fingerprint density at radius 1 is 1.33 bits per heavy atom. The first-order valence-electron chi connectivity index (χ1n) is 7.42. The predicted molar refractivity (Wildman–Crippen MR) is 88.7 cm³/mol. The fourth-order valence-corrected chi connectivity index (χ4v) is 5.32. The van der Waals surface area contributed by atoms with Crippen molar-refractivity contribution in [2.45, 2.75) is 37.6 Å². The number of benzene rings is 1. The molecular weight excluding hydrogens is 352 g/mol. The van der Waals surface area contributed by atoms with Crippen LogP contribution in [0.25, 0.3) is 0 Å². The van der Waals surface area contributed by atoms with E-state index >= 15 is 0 Å². The summed E-state index contributed by atoms with van der Waals surface area (Å²) in [5.74, 6) is 0.665. The molecule has 0 unspecified atom stereocenters. The highest BCUT2D eigenvalue weighted by Crippen LogP contribution is 2.29. The monoisotopic (exact) mass is 374 g/mol. The summed E-state index contributed by atoms with van der Waals surface area (Å²) in [6.45, 7) is 4.16. The maximum Gasteiger partial charge on any atom is 0.244 e. The molecule has 1 N–H and O–H groups in total. The molecule has 1 aromatic rings. The van der Waals surface area contributed by atoms with Crippen molar-refractivity contribution in [3.8, 4) is 0 Å². The van der Waals surface area contributed by atoms with Crippen LogP contribution in [0.3, 0.4) is 0 Å². The number of piperidine rings is 1. The second-order valence-electron chi connectivity index (χ2n) is 5.55. The summed E-state index contributed by atoms with van der Waals surface area (Å²) in [6, 6.07) is 5.45. The van der Waals surface area contributed by atoms with Crippen LogP contribution in [-0.2, 0) is 16.6 Å². The number of hydrogen-bond donors (Lipinski definition) is 1. The van der Waals surface area contributed by atoms with Crippen LogP contribution in [0.2, 0.25) is 0 Å². The van der Waals surface area contributed by atoms with Gasteiger partial charge in [0.1, 0.15) is 0 Å². The lowest BCUT2D eigenvalue weighted by Crippen LogP contribution is -2.38. The Hall–Kier alpha value is -0.430. The molecular formula is C15H23BrN2O2S. The maximum atomic E-state index is 12.8. The fraction of sp³-hybridized carbons (Fsp3) is 0.600. The molecule has 4 nitrogen and oxygen atoms in total. The molecule has 0 bridgehead atoms. The van der Waals surface area contributed by atoms with Gasteiger partial charge in [0, 0.05) is 24.1 Å². The lowest BCUT2D eigenvalue weighted by Gasteiger charge is -2.31. The zero-order valence-corrected chi connectivity index (χ0v) is 15.0. The minimum atomic E-state index is -3.39. The normalized spacial score (nSPS) is 18.0. The molecule has 1 heterocycles. The number of nitrogens with zero attached hydrogens (tertiary/aromatic N) is 1. The summed E-state index contributed by atoms with van der Waals surface area (Å²) in [6.07, 6.45) is 3.06. The van der Waals surface area contributed by atoms with Crippen LogP contribution in [0.1, 0.15) is 31.7 Å². The van der Waals surface area contributed by atoms with Crippen LogP contribution < -0.4 is 5.32 Å². The van der Waals surface area contributed by atoms with Gasteiger partial charge in [0.25, 0.3) is 0 Å². The molecule has 2 rings (SSSR count). The van der Waals surface area contributed by atoms with E-state index in [4.69, 9.17) is 0 Å². The first-order chi connectivity index (χ1) is 9.98. The Balaban J connectivity index is 2.20. The van der Waals surface area contributed by atoms with Crippen molar-refractivity contribution >= 4 is 26.0 Å². The predicted octanol–water partition coefficient (Wildman–Crippen LogP) is 2.98. The van der Waals surface area contributed by atoms with Crippen LogP contribution in [0.5, 0.6) is 0 Å². The van der Waals surface area contributed by atoms with Crippen LogP contribution >= 0.6 is 15.9 Å². The van der Waals surface area contributed by atoms with Gasteiger partial charge >= 0.3 is 0 Å². The largest absolute Gasteiger partial charge is 0.316 e.